The van der Waals surface area contributed by atoms with E-state index in [1.54, 1.807) is 24.3 Å². The molecule has 0 unspecified atom stereocenters. The van der Waals surface area contributed by atoms with Crippen LogP contribution in [0.25, 0.3) is 16.9 Å². The minimum Gasteiger partial charge on any atom is -0.457 e. The van der Waals surface area contributed by atoms with Gasteiger partial charge < -0.3 is 10.1 Å². The summed E-state index contributed by atoms with van der Waals surface area (Å²) in [6.07, 6.45) is -4.82. The number of nitrogens with one attached hydrogen (secondary N) is 1. The predicted octanol–water partition coefficient (Wildman–Crippen LogP) is 7.27. The van der Waals surface area contributed by atoms with E-state index in [2.05, 4.69) is 31.3 Å². The number of halogens is 5. The lowest BCUT2D eigenvalue weighted by Crippen LogP contribution is -2.16. The lowest BCUT2D eigenvalue weighted by atomic mass is 10.1. The van der Waals surface area contributed by atoms with Crippen molar-refractivity contribution in [2.75, 3.05) is 5.32 Å². The Kier molecular flexibility index (Phi) is 6.94. The number of benzene rings is 3. The van der Waals surface area contributed by atoms with Gasteiger partial charge in [0.2, 0.25) is 0 Å². The van der Waals surface area contributed by atoms with Crippen LogP contribution in [0.15, 0.2) is 83.3 Å². The summed E-state index contributed by atoms with van der Waals surface area (Å²) in [5.41, 5.74) is -1.91. The van der Waals surface area contributed by atoms with Crippen molar-refractivity contribution in [2.24, 2.45) is 0 Å². The molecule has 202 valence electrons. The number of aromatic nitrogens is 3. The first-order valence-corrected chi connectivity index (χ1v) is 12.0. The maximum Gasteiger partial charge on any atom is 0.433 e. The van der Waals surface area contributed by atoms with Crippen molar-refractivity contribution in [2.45, 2.75) is 6.18 Å². The molecule has 14 heteroatoms. The van der Waals surface area contributed by atoms with Crippen molar-refractivity contribution in [1.29, 1.82) is 0 Å². The Bertz CT molecular complexity index is 1760. The van der Waals surface area contributed by atoms with Gasteiger partial charge in [0, 0.05) is 28.2 Å². The van der Waals surface area contributed by atoms with Crippen LogP contribution in [-0.4, -0.2) is 25.4 Å². The van der Waals surface area contributed by atoms with Crippen molar-refractivity contribution in [3.63, 3.8) is 0 Å². The van der Waals surface area contributed by atoms with Crippen molar-refractivity contribution in [3.8, 4) is 22.8 Å². The maximum atomic E-state index is 13.9. The number of nitrogens with zero attached hydrogens (tertiary/aromatic N) is 4. The van der Waals surface area contributed by atoms with E-state index in [0.717, 1.165) is 40.9 Å². The number of nitro groups is 1. The maximum absolute atomic E-state index is 13.9. The highest BCUT2D eigenvalue weighted by Gasteiger charge is 2.35. The number of anilines is 1. The zero-order valence-electron chi connectivity index (χ0n) is 19.8. The first kappa shape index (κ1) is 26.7. The minimum atomic E-state index is -4.82. The standard InChI is InChI=1S/C26H14BrF4N5O4/c27-15-3-1-14(2-4-15)21-12-23(26(29,30)31)35-24(33-21)13-22(34-35)25(37)32-17-9-18(36(38)39)11-20(10-17)40-19-7-5-16(28)6-8-19/h1-13H,(H,32,37). The van der Waals surface area contributed by atoms with Gasteiger partial charge >= 0.3 is 6.18 Å². The van der Waals surface area contributed by atoms with Gasteiger partial charge in [-0.15, -0.1) is 0 Å². The van der Waals surface area contributed by atoms with E-state index in [1.165, 1.54) is 18.2 Å². The van der Waals surface area contributed by atoms with Crippen LogP contribution >= 0.6 is 15.9 Å². The molecule has 0 radical (unpaired) electrons. The molecule has 0 aliphatic rings. The van der Waals surface area contributed by atoms with Crippen molar-refractivity contribution < 1.29 is 32.0 Å². The number of carbonyl (C=O) groups excluding carboxylic acids is 1. The van der Waals surface area contributed by atoms with Gasteiger partial charge in [-0.25, -0.2) is 13.9 Å². The predicted molar refractivity (Wildman–Crippen MR) is 139 cm³/mol. The lowest BCUT2D eigenvalue weighted by molar-refractivity contribution is -0.384. The average molecular weight is 616 g/mol. The van der Waals surface area contributed by atoms with Gasteiger partial charge in [0.15, 0.2) is 17.0 Å². The van der Waals surface area contributed by atoms with Crippen LogP contribution in [0.1, 0.15) is 16.2 Å². The van der Waals surface area contributed by atoms with Crippen LogP contribution < -0.4 is 10.1 Å². The van der Waals surface area contributed by atoms with Crippen LogP contribution in [-0.2, 0) is 6.18 Å². The highest BCUT2D eigenvalue weighted by atomic mass is 79.9. The van der Waals surface area contributed by atoms with E-state index in [1.807, 2.05) is 0 Å². The third kappa shape index (κ3) is 5.76. The fourth-order valence-electron chi connectivity index (χ4n) is 3.71. The SMILES string of the molecule is O=C(Nc1cc(Oc2ccc(F)cc2)cc([N+](=O)[O-])c1)c1cc2nc(-c3ccc(Br)cc3)cc(C(F)(F)F)n2n1. The molecular weight excluding hydrogens is 602 g/mol. The second-order valence-electron chi connectivity index (χ2n) is 8.31. The number of ether oxygens (including phenoxy) is 1. The largest absolute Gasteiger partial charge is 0.457 e. The van der Waals surface area contributed by atoms with Gasteiger partial charge in [0.1, 0.15) is 17.3 Å². The molecule has 0 saturated carbocycles. The zero-order valence-corrected chi connectivity index (χ0v) is 21.4. The molecular formula is C26H14BrF4N5O4. The van der Waals surface area contributed by atoms with E-state index < -0.39 is 39.9 Å². The smallest absolute Gasteiger partial charge is 0.433 e. The monoisotopic (exact) mass is 615 g/mol. The number of alkyl halides is 3. The molecule has 0 aliphatic carbocycles. The topological polar surface area (TPSA) is 112 Å². The summed E-state index contributed by atoms with van der Waals surface area (Å²) in [6.45, 7) is 0. The molecule has 5 aromatic rings. The van der Waals surface area contributed by atoms with Crippen molar-refractivity contribution >= 4 is 38.9 Å². The second-order valence-corrected chi connectivity index (χ2v) is 9.23. The molecule has 1 N–H and O–H groups in total. The third-order valence-electron chi connectivity index (χ3n) is 5.50. The molecule has 2 aromatic heterocycles. The molecule has 0 saturated heterocycles. The number of rotatable bonds is 6. The molecule has 2 heterocycles. The summed E-state index contributed by atoms with van der Waals surface area (Å²) in [6, 6.07) is 16.6. The fraction of sp³-hybridized carbons (Fsp3) is 0.0385. The highest BCUT2D eigenvalue weighted by Crippen LogP contribution is 2.33. The van der Waals surface area contributed by atoms with Crippen LogP contribution in [0.4, 0.5) is 28.9 Å². The number of non-ortho nitro benzene ring substituents is 1. The summed E-state index contributed by atoms with van der Waals surface area (Å²) in [4.78, 5) is 27.9. The van der Waals surface area contributed by atoms with Gasteiger partial charge in [-0.05, 0) is 42.5 Å². The average Bonchev–Trinajstić information content (AvgIpc) is 3.33. The molecule has 40 heavy (non-hydrogen) atoms. The Morgan fingerprint density at radius 1 is 0.975 bits per heavy atom. The van der Waals surface area contributed by atoms with E-state index in [4.69, 9.17) is 4.74 Å². The highest BCUT2D eigenvalue weighted by molar-refractivity contribution is 9.10. The summed E-state index contributed by atoms with van der Waals surface area (Å²) in [5, 5.41) is 17.6. The molecule has 0 bridgehead atoms. The number of carbonyl (C=O) groups is 1. The van der Waals surface area contributed by atoms with Gasteiger partial charge in [0.25, 0.3) is 11.6 Å². The Morgan fingerprint density at radius 2 is 1.68 bits per heavy atom. The number of hydrogen-bond acceptors (Lipinski definition) is 6. The summed E-state index contributed by atoms with van der Waals surface area (Å²) < 4.78 is 61.7. The fourth-order valence-corrected chi connectivity index (χ4v) is 3.97. The summed E-state index contributed by atoms with van der Waals surface area (Å²) in [5.74, 6) is -1.34. The molecule has 5 rings (SSSR count). The van der Waals surface area contributed by atoms with Crippen LogP contribution in [0.2, 0.25) is 0 Å². The Labute approximate surface area is 230 Å². The molecule has 0 atom stereocenters. The molecule has 0 fully saturated rings. The lowest BCUT2D eigenvalue weighted by Gasteiger charge is -2.11. The summed E-state index contributed by atoms with van der Waals surface area (Å²) in [7, 11) is 0. The number of amides is 1. The van der Waals surface area contributed by atoms with Crippen molar-refractivity contribution in [3.05, 3.63) is 111 Å². The number of nitro benzene ring substituents is 1. The van der Waals surface area contributed by atoms with Gasteiger partial charge in [-0.2, -0.15) is 18.3 Å². The molecule has 9 nitrogen and oxygen atoms in total. The third-order valence-corrected chi connectivity index (χ3v) is 6.03. The van der Waals surface area contributed by atoms with Gasteiger partial charge in [-0.3, -0.25) is 14.9 Å². The van der Waals surface area contributed by atoms with Crippen molar-refractivity contribution in [1.82, 2.24) is 14.6 Å². The zero-order chi connectivity index (χ0) is 28.6. The van der Waals surface area contributed by atoms with E-state index in [0.29, 0.717) is 10.1 Å². The van der Waals surface area contributed by atoms with Crippen LogP contribution in [0, 0.1) is 15.9 Å². The first-order valence-electron chi connectivity index (χ1n) is 11.2. The quantitative estimate of drug-likeness (QED) is 0.122. The molecule has 3 aromatic carbocycles. The number of hydrogen-bond donors (Lipinski definition) is 1. The van der Waals surface area contributed by atoms with Crippen LogP contribution in [0.5, 0.6) is 11.5 Å². The Hall–Kier alpha value is -4.85. The molecule has 0 spiro atoms. The minimum absolute atomic E-state index is 0.0143. The normalized spacial score (nSPS) is 11.4. The number of fused-ring (bicyclic) bond motifs is 1. The van der Waals surface area contributed by atoms with E-state index >= 15 is 0 Å². The van der Waals surface area contributed by atoms with E-state index in [9.17, 15) is 32.5 Å². The van der Waals surface area contributed by atoms with E-state index in [-0.39, 0.29) is 28.5 Å². The summed E-state index contributed by atoms with van der Waals surface area (Å²) >= 11 is 3.27. The van der Waals surface area contributed by atoms with Gasteiger partial charge in [0.05, 0.1) is 22.4 Å². The van der Waals surface area contributed by atoms with Gasteiger partial charge in [-0.1, -0.05) is 28.1 Å². The first-order chi connectivity index (χ1) is 19.0. The van der Waals surface area contributed by atoms with Crippen LogP contribution in [0.3, 0.4) is 0 Å². The Balaban J connectivity index is 1.49. The Morgan fingerprint density at radius 3 is 2.33 bits per heavy atom. The molecule has 0 aliphatic heterocycles. The molecule has 1 amide bonds. The second kappa shape index (κ2) is 10.4.